The second kappa shape index (κ2) is 10.2. The Morgan fingerprint density at radius 1 is 0.919 bits per heavy atom. The summed E-state index contributed by atoms with van der Waals surface area (Å²) in [6.07, 6.45) is -1.18. The first-order valence-electron chi connectivity index (χ1n) is 13.4. The summed E-state index contributed by atoms with van der Waals surface area (Å²) in [7, 11) is 0. The second-order valence-electron chi connectivity index (χ2n) is 12.1. The summed E-state index contributed by atoms with van der Waals surface area (Å²) in [5, 5.41) is 9.31. The minimum absolute atomic E-state index is 0.0243. The Kier molecular flexibility index (Phi) is 7.68. The Labute approximate surface area is 216 Å². The second-order valence-corrected chi connectivity index (χ2v) is 12.1. The molecule has 5 nitrogen and oxygen atoms in total. The van der Waals surface area contributed by atoms with Gasteiger partial charge in [-0.1, -0.05) is 6.07 Å². The summed E-state index contributed by atoms with van der Waals surface area (Å²) in [4.78, 5) is 28.1. The van der Waals surface area contributed by atoms with Gasteiger partial charge >= 0.3 is 12.1 Å². The third-order valence-corrected chi connectivity index (χ3v) is 8.70. The molecule has 206 valence electrons. The van der Waals surface area contributed by atoms with Gasteiger partial charge < -0.3 is 10.0 Å². The number of aliphatic carboxylic acids is 1. The van der Waals surface area contributed by atoms with Crippen LogP contribution in [0.3, 0.4) is 0 Å². The van der Waals surface area contributed by atoms with E-state index in [0.29, 0.717) is 63.7 Å². The number of nitrogens with zero attached hydrogens (tertiary/aromatic N) is 2. The molecule has 1 N–H and O–H groups in total. The van der Waals surface area contributed by atoms with Crippen LogP contribution >= 0.6 is 0 Å². The van der Waals surface area contributed by atoms with Gasteiger partial charge in [-0.25, -0.2) is 4.39 Å². The van der Waals surface area contributed by atoms with Gasteiger partial charge in [-0.3, -0.25) is 14.5 Å². The molecule has 0 aromatic heterocycles. The zero-order chi connectivity index (χ0) is 27.2. The number of piperidine rings is 1. The Morgan fingerprint density at radius 3 is 2.03 bits per heavy atom. The van der Waals surface area contributed by atoms with Crippen LogP contribution in [-0.2, 0) is 15.8 Å². The highest BCUT2D eigenvalue weighted by Gasteiger charge is 2.49. The number of carbonyl (C=O) groups is 2. The molecular weight excluding hydrogens is 488 g/mol. The summed E-state index contributed by atoms with van der Waals surface area (Å²) in [5.74, 6) is -1.92. The molecule has 1 amide bonds. The Hall–Kier alpha value is -2.16. The van der Waals surface area contributed by atoms with Gasteiger partial charge in [0.2, 0.25) is 5.67 Å². The van der Waals surface area contributed by atoms with Crippen molar-refractivity contribution in [2.45, 2.75) is 94.9 Å². The van der Waals surface area contributed by atoms with Gasteiger partial charge in [0.1, 0.15) is 0 Å². The molecule has 1 aromatic carbocycles. The molecule has 0 radical (unpaired) electrons. The van der Waals surface area contributed by atoms with Crippen molar-refractivity contribution in [3.63, 3.8) is 0 Å². The minimum Gasteiger partial charge on any atom is -0.481 e. The van der Waals surface area contributed by atoms with Crippen LogP contribution in [-0.4, -0.2) is 64.2 Å². The molecule has 3 aliphatic rings. The van der Waals surface area contributed by atoms with Crippen LogP contribution in [0.5, 0.6) is 0 Å². The van der Waals surface area contributed by atoms with Crippen LogP contribution < -0.4 is 0 Å². The van der Waals surface area contributed by atoms with E-state index in [4.69, 9.17) is 0 Å². The number of hydrogen-bond donors (Lipinski definition) is 1. The maximum Gasteiger partial charge on any atom is 0.416 e. The lowest BCUT2D eigenvalue weighted by molar-refractivity contribution is -0.145. The number of alkyl halides is 4. The number of carboxylic acids is 1. The van der Waals surface area contributed by atoms with Gasteiger partial charge in [0, 0.05) is 38.1 Å². The standard InChI is InChI=1S/C28H38F4N2O3/c1-26(2,3)34-15-12-27(29,17-34)25(37)33-13-10-19(11-14-33)22-9-8-21(28(30,31)32)16-23(22)18-4-6-20(7-5-18)24(35)36/h8-9,16,18-20H,4-7,10-15,17H2,1-3H3,(H,35,36)/t18?,20?,27-/m1/s1. The highest BCUT2D eigenvalue weighted by atomic mass is 19.4. The molecule has 2 heterocycles. The number of benzene rings is 1. The third kappa shape index (κ3) is 5.96. The molecule has 1 aromatic rings. The fraction of sp³-hybridized carbons (Fsp3) is 0.714. The van der Waals surface area contributed by atoms with E-state index in [1.807, 2.05) is 25.7 Å². The van der Waals surface area contributed by atoms with E-state index in [2.05, 4.69) is 0 Å². The zero-order valence-corrected chi connectivity index (χ0v) is 21.9. The molecule has 0 unspecified atom stereocenters. The number of carbonyl (C=O) groups excluding carboxylic acids is 1. The van der Waals surface area contributed by atoms with Crippen LogP contribution in [0.25, 0.3) is 0 Å². The number of amides is 1. The van der Waals surface area contributed by atoms with Gasteiger partial charge in [-0.2, -0.15) is 13.2 Å². The summed E-state index contributed by atoms with van der Waals surface area (Å²) < 4.78 is 56.3. The maximum absolute atomic E-state index is 15.7. The van der Waals surface area contributed by atoms with Crippen molar-refractivity contribution in [3.8, 4) is 0 Å². The van der Waals surface area contributed by atoms with Crippen LogP contribution in [0.4, 0.5) is 17.6 Å². The number of halogens is 4. The van der Waals surface area contributed by atoms with Gasteiger partial charge in [-0.15, -0.1) is 0 Å². The molecule has 2 saturated heterocycles. The van der Waals surface area contributed by atoms with Gasteiger partial charge in [0.05, 0.1) is 11.5 Å². The number of rotatable bonds is 4. The maximum atomic E-state index is 15.7. The molecule has 1 aliphatic carbocycles. The molecular formula is C28H38F4N2O3. The SMILES string of the molecule is CC(C)(C)N1CC[C@](F)(C(=O)N2CCC(c3ccc(C(F)(F)F)cc3C3CCC(C(=O)O)CC3)CC2)C1. The minimum atomic E-state index is -4.46. The normalized spacial score (nSPS) is 28.5. The van der Waals surface area contributed by atoms with E-state index in [-0.39, 0.29) is 30.3 Å². The predicted molar refractivity (Wildman–Crippen MR) is 132 cm³/mol. The van der Waals surface area contributed by atoms with Crippen molar-refractivity contribution in [1.29, 1.82) is 0 Å². The van der Waals surface area contributed by atoms with Crippen LogP contribution in [0.15, 0.2) is 18.2 Å². The van der Waals surface area contributed by atoms with E-state index in [1.54, 1.807) is 11.0 Å². The van der Waals surface area contributed by atoms with Crippen molar-refractivity contribution in [1.82, 2.24) is 9.80 Å². The first-order valence-corrected chi connectivity index (χ1v) is 13.4. The molecule has 9 heteroatoms. The van der Waals surface area contributed by atoms with Crippen molar-refractivity contribution in [3.05, 3.63) is 34.9 Å². The van der Waals surface area contributed by atoms with Gasteiger partial charge in [0.25, 0.3) is 5.91 Å². The first kappa shape index (κ1) is 27.9. The van der Waals surface area contributed by atoms with Crippen molar-refractivity contribution < 1.29 is 32.3 Å². The van der Waals surface area contributed by atoms with Gasteiger partial charge in [0.15, 0.2) is 0 Å². The highest BCUT2D eigenvalue weighted by molar-refractivity contribution is 5.86. The lowest BCUT2D eigenvalue weighted by atomic mass is 9.74. The fourth-order valence-corrected chi connectivity index (χ4v) is 6.32. The molecule has 37 heavy (non-hydrogen) atoms. The molecule has 0 bridgehead atoms. The Balaban J connectivity index is 1.48. The van der Waals surface area contributed by atoms with E-state index in [1.165, 1.54) is 6.07 Å². The summed E-state index contributed by atoms with van der Waals surface area (Å²) in [5.41, 5.74) is -1.30. The third-order valence-electron chi connectivity index (χ3n) is 8.70. The summed E-state index contributed by atoms with van der Waals surface area (Å²) in [6, 6.07) is 3.93. The summed E-state index contributed by atoms with van der Waals surface area (Å²) in [6.45, 7) is 7.37. The number of likely N-dealkylation sites (tertiary alicyclic amines) is 2. The molecule has 1 saturated carbocycles. The van der Waals surface area contributed by atoms with E-state index < -0.39 is 35.2 Å². The Morgan fingerprint density at radius 2 is 1.51 bits per heavy atom. The van der Waals surface area contributed by atoms with E-state index in [9.17, 15) is 27.9 Å². The van der Waals surface area contributed by atoms with Crippen molar-refractivity contribution in [2.24, 2.45) is 5.92 Å². The van der Waals surface area contributed by atoms with Gasteiger partial charge in [-0.05, 0) is 94.4 Å². The predicted octanol–water partition coefficient (Wildman–Crippen LogP) is 5.98. The zero-order valence-electron chi connectivity index (χ0n) is 21.9. The molecule has 3 fully saturated rings. The monoisotopic (exact) mass is 526 g/mol. The quantitative estimate of drug-likeness (QED) is 0.490. The molecule has 4 rings (SSSR count). The fourth-order valence-electron chi connectivity index (χ4n) is 6.32. The van der Waals surface area contributed by atoms with E-state index in [0.717, 1.165) is 11.6 Å². The summed E-state index contributed by atoms with van der Waals surface area (Å²) >= 11 is 0. The van der Waals surface area contributed by atoms with Crippen molar-refractivity contribution >= 4 is 11.9 Å². The Bertz CT molecular complexity index is 1010. The van der Waals surface area contributed by atoms with E-state index >= 15 is 4.39 Å². The first-order chi connectivity index (χ1) is 17.2. The smallest absolute Gasteiger partial charge is 0.416 e. The number of carboxylic acid groups (broad SMARTS) is 1. The van der Waals surface area contributed by atoms with Crippen LogP contribution in [0.2, 0.25) is 0 Å². The lowest BCUT2D eigenvalue weighted by Gasteiger charge is -2.38. The molecule has 1 atom stereocenters. The average Bonchev–Trinajstić information content (AvgIpc) is 3.27. The topological polar surface area (TPSA) is 60.9 Å². The number of hydrogen-bond acceptors (Lipinski definition) is 3. The van der Waals surface area contributed by atoms with Crippen molar-refractivity contribution in [2.75, 3.05) is 26.2 Å². The molecule has 0 spiro atoms. The van der Waals surface area contributed by atoms with Crippen LogP contribution in [0.1, 0.15) is 94.2 Å². The largest absolute Gasteiger partial charge is 0.481 e. The lowest BCUT2D eigenvalue weighted by Crippen LogP contribution is -2.51. The molecule has 2 aliphatic heterocycles. The van der Waals surface area contributed by atoms with Crippen LogP contribution in [0, 0.1) is 5.92 Å². The highest BCUT2D eigenvalue weighted by Crippen LogP contribution is 2.44. The average molecular weight is 527 g/mol.